The van der Waals surface area contributed by atoms with E-state index in [0.29, 0.717) is 5.56 Å². The van der Waals surface area contributed by atoms with Gasteiger partial charge in [-0.05, 0) is 45.0 Å². The molecule has 0 unspecified atom stereocenters. The number of hydrogen-bond donors (Lipinski definition) is 2. The Morgan fingerprint density at radius 3 is 2.37 bits per heavy atom. The molecule has 2 N–H and O–H groups in total. The van der Waals surface area contributed by atoms with Crippen LogP contribution in [-0.2, 0) is 14.3 Å². The van der Waals surface area contributed by atoms with Crippen LogP contribution in [0.3, 0.4) is 0 Å². The lowest BCUT2D eigenvalue weighted by Gasteiger charge is -2.18. The zero-order chi connectivity index (χ0) is 22.3. The summed E-state index contributed by atoms with van der Waals surface area (Å²) in [6.07, 6.45) is -1.24. The van der Waals surface area contributed by atoms with E-state index in [1.165, 1.54) is 38.1 Å². The van der Waals surface area contributed by atoms with Gasteiger partial charge in [0.2, 0.25) is 0 Å². The van der Waals surface area contributed by atoms with Gasteiger partial charge >= 0.3 is 12.6 Å². The van der Waals surface area contributed by atoms with Crippen molar-refractivity contribution in [1.29, 1.82) is 0 Å². The van der Waals surface area contributed by atoms with Crippen LogP contribution in [0.2, 0.25) is 0 Å². The maximum Gasteiger partial charge on any atom is 0.387 e. The Kier molecular flexibility index (Phi) is 7.85. The number of ether oxygens (including phenoxy) is 2. The maximum absolute atomic E-state index is 12.5. The van der Waals surface area contributed by atoms with Crippen LogP contribution in [0.5, 0.6) is 5.75 Å². The topological polar surface area (TPSA) is 93.7 Å². The number of halogens is 2. The van der Waals surface area contributed by atoms with Gasteiger partial charge in [0.15, 0.2) is 6.10 Å². The number of rotatable bonds is 8. The van der Waals surface area contributed by atoms with E-state index in [1.807, 2.05) is 13.0 Å². The fourth-order valence-electron chi connectivity index (χ4n) is 2.46. The van der Waals surface area contributed by atoms with Crippen LogP contribution in [0.15, 0.2) is 48.5 Å². The zero-order valence-electron chi connectivity index (χ0n) is 16.6. The molecule has 0 spiro atoms. The molecule has 0 aliphatic carbocycles. The summed E-state index contributed by atoms with van der Waals surface area (Å²) >= 11 is 0. The van der Waals surface area contributed by atoms with Crippen molar-refractivity contribution < 1.29 is 32.6 Å². The minimum atomic E-state index is -3.06. The summed E-state index contributed by atoms with van der Waals surface area (Å²) < 4.78 is 34.3. The highest BCUT2D eigenvalue weighted by atomic mass is 19.3. The molecule has 0 fully saturated rings. The number of benzene rings is 2. The fourth-order valence-corrected chi connectivity index (χ4v) is 2.46. The van der Waals surface area contributed by atoms with Crippen molar-refractivity contribution in [3.05, 3.63) is 59.7 Å². The van der Waals surface area contributed by atoms with E-state index in [2.05, 4.69) is 15.4 Å². The van der Waals surface area contributed by atoms with Gasteiger partial charge < -0.3 is 20.1 Å². The number of anilines is 1. The number of carbonyl (C=O) groups excluding carboxylic acids is 3. The Morgan fingerprint density at radius 1 is 1.00 bits per heavy atom. The standard InChI is InChI=1S/C21H22F2N2O5/c1-12-7-6-8-15(11-12)19(27)24-13(2)20(28)29-14(3)18(26)25-16-9-4-5-10-17(16)30-21(22)23/h4-11,13-14,21H,1-3H3,(H,24,27)(H,25,26)/t13-,14+/m0/s1. The number of carbonyl (C=O) groups is 3. The van der Waals surface area contributed by atoms with E-state index in [1.54, 1.807) is 18.2 Å². The number of aryl methyl sites for hydroxylation is 1. The van der Waals surface area contributed by atoms with Crippen LogP contribution in [-0.4, -0.2) is 36.5 Å². The third-order valence-electron chi connectivity index (χ3n) is 4.00. The second-order valence-electron chi connectivity index (χ2n) is 6.51. The van der Waals surface area contributed by atoms with Gasteiger partial charge in [-0.15, -0.1) is 0 Å². The average molecular weight is 420 g/mol. The first kappa shape index (κ1) is 22.8. The molecule has 7 nitrogen and oxygen atoms in total. The van der Waals surface area contributed by atoms with Gasteiger partial charge in [0, 0.05) is 5.56 Å². The van der Waals surface area contributed by atoms with E-state index in [-0.39, 0.29) is 11.4 Å². The van der Waals surface area contributed by atoms with E-state index >= 15 is 0 Å². The quantitative estimate of drug-likeness (QED) is 0.640. The third-order valence-corrected chi connectivity index (χ3v) is 4.00. The summed E-state index contributed by atoms with van der Waals surface area (Å²) in [4.78, 5) is 36.7. The minimum Gasteiger partial charge on any atom is -0.451 e. The second-order valence-corrected chi connectivity index (χ2v) is 6.51. The van der Waals surface area contributed by atoms with Crippen LogP contribution >= 0.6 is 0 Å². The maximum atomic E-state index is 12.5. The summed E-state index contributed by atoms with van der Waals surface area (Å²) in [7, 11) is 0. The molecule has 2 amide bonds. The fraction of sp³-hybridized carbons (Fsp3) is 0.286. The van der Waals surface area contributed by atoms with Gasteiger partial charge in [0.05, 0.1) is 5.69 Å². The van der Waals surface area contributed by atoms with Crippen molar-refractivity contribution >= 4 is 23.5 Å². The summed E-state index contributed by atoms with van der Waals surface area (Å²) in [5.74, 6) is -2.25. The van der Waals surface area contributed by atoms with E-state index in [9.17, 15) is 23.2 Å². The molecule has 2 rings (SSSR count). The number of alkyl halides is 2. The van der Waals surface area contributed by atoms with Gasteiger partial charge in [0.1, 0.15) is 11.8 Å². The van der Waals surface area contributed by atoms with Gasteiger partial charge in [-0.3, -0.25) is 9.59 Å². The minimum absolute atomic E-state index is 0.00602. The third kappa shape index (κ3) is 6.54. The van der Waals surface area contributed by atoms with E-state index < -0.39 is 36.5 Å². The van der Waals surface area contributed by atoms with Crippen molar-refractivity contribution in [1.82, 2.24) is 5.32 Å². The van der Waals surface area contributed by atoms with Crippen molar-refractivity contribution in [2.24, 2.45) is 0 Å². The Balaban J connectivity index is 1.93. The SMILES string of the molecule is Cc1cccc(C(=O)N[C@@H](C)C(=O)O[C@H](C)C(=O)Nc2ccccc2OC(F)F)c1. The van der Waals surface area contributed by atoms with Crippen molar-refractivity contribution in [2.45, 2.75) is 39.5 Å². The Morgan fingerprint density at radius 2 is 1.70 bits per heavy atom. The highest BCUT2D eigenvalue weighted by Crippen LogP contribution is 2.25. The normalized spacial score (nSPS) is 12.6. The number of para-hydroxylation sites is 2. The molecule has 0 saturated heterocycles. The predicted molar refractivity (Wildman–Crippen MR) is 105 cm³/mol. The molecule has 0 aliphatic rings. The first-order chi connectivity index (χ1) is 14.2. The molecule has 0 heterocycles. The summed E-state index contributed by atoms with van der Waals surface area (Å²) in [5, 5.41) is 4.87. The van der Waals surface area contributed by atoms with Crippen LogP contribution in [0.4, 0.5) is 14.5 Å². The highest BCUT2D eigenvalue weighted by Gasteiger charge is 2.24. The smallest absolute Gasteiger partial charge is 0.387 e. The summed E-state index contributed by atoms with van der Waals surface area (Å²) in [5.41, 5.74) is 1.28. The summed E-state index contributed by atoms with van der Waals surface area (Å²) in [6, 6.07) is 11.4. The van der Waals surface area contributed by atoms with Gasteiger partial charge in [-0.25, -0.2) is 4.79 Å². The van der Waals surface area contributed by atoms with Crippen LogP contribution in [0.1, 0.15) is 29.8 Å². The Bertz CT molecular complexity index is 920. The number of hydrogen-bond acceptors (Lipinski definition) is 5. The van der Waals surface area contributed by atoms with Crippen molar-refractivity contribution in [3.63, 3.8) is 0 Å². The lowest BCUT2D eigenvalue weighted by Crippen LogP contribution is -2.42. The number of nitrogens with one attached hydrogen (secondary N) is 2. The molecule has 160 valence electrons. The molecule has 0 aliphatic heterocycles. The first-order valence-corrected chi connectivity index (χ1v) is 9.10. The van der Waals surface area contributed by atoms with Gasteiger partial charge in [0.25, 0.3) is 11.8 Å². The number of esters is 1. The van der Waals surface area contributed by atoms with E-state index in [0.717, 1.165) is 5.56 Å². The summed E-state index contributed by atoms with van der Waals surface area (Å²) in [6.45, 7) is 1.51. The number of amides is 2. The predicted octanol–water partition coefficient (Wildman–Crippen LogP) is 3.29. The Hall–Kier alpha value is -3.49. The highest BCUT2D eigenvalue weighted by molar-refractivity contribution is 5.98. The molecule has 0 saturated carbocycles. The van der Waals surface area contributed by atoms with Crippen LogP contribution in [0.25, 0.3) is 0 Å². The molecule has 0 bridgehead atoms. The molecule has 2 aromatic rings. The largest absolute Gasteiger partial charge is 0.451 e. The zero-order valence-corrected chi connectivity index (χ0v) is 16.6. The molecular formula is C21H22F2N2O5. The van der Waals surface area contributed by atoms with Gasteiger partial charge in [-0.1, -0.05) is 29.8 Å². The monoisotopic (exact) mass is 420 g/mol. The molecule has 30 heavy (non-hydrogen) atoms. The van der Waals surface area contributed by atoms with Crippen LogP contribution in [0, 0.1) is 6.92 Å². The lowest BCUT2D eigenvalue weighted by atomic mass is 10.1. The molecule has 9 heteroatoms. The van der Waals surface area contributed by atoms with E-state index in [4.69, 9.17) is 4.74 Å². The molecule has 0 aromatic heterocycles. The van der Waals surface area contributed by atoms with Crippen molar-refractivity contribution in [3.8, 4) is 5.75 Å². The van der Waals surface area contributed by atoms with Crippen molar-refractivity contribution in [2.75, 3.05) is 5.32 Å². The van der Waals surface area contributed by atoms with Crippen LogP contribution < -0.4 is 15.4 Å². The molecular weight excluding hydrogens is 398 g/mol. The Labute approximate surface area is 172 Å². The molecule has 0 radical (unpaired) electrons. The second kappa shape index (κ2) is 10.3. The average Bonchev–Trinajstić information content (AvgIpc) is 2.68. The molecule has 2 aromatic carbocycles. The lowest BCUT2D eigenvalue weighted by molar-refractivity contribution is -0.154. The first-order valence-electron chi connectivity index (χ1n) is 9.10. The van der Waals surface area contributed by atoms with Gasteiger partial charge in [-0.2, -0.15) is 8.78 Å². The molecule has 2 atom stereocenters.